The Labute approximate surface area is 224 Å². The average molecular weight is 524 g/mol. The summed E-state index contributed by atoms with van der Waals surface area (Å²) in [5.74, 6) is -1.46. The van der Waals surface area contributed by atoms with Gasteiger partial charge in [0.05, 0.1) is 6.54 Å². The Morgan fingerprint density at radius 1 is 0.730 bits per heavy atom. The van der Waals surface area contributed by atoms with Crippen molar-refractivity contribution in [3.63, 3.8) is 0 Å². The van der Waals surface area contributed by atoms with Crippen LogP contribution in [0.15, 0.2) is 0 Å². The average Bonchev–Trinajstić information content (AvgIpc) is 2.86. The molecule has 1 aliphatic rings. The SMILES string of the molecule is CCCCCCCCC[C@@H]1CC(=O)NCC(=O)N[C@@H](CCCCNCCC)C(=O)N[C@@H](C(C)C)C(=O)N1. The molecule has 1 rings (SSSR count). The van der Waals surface area contributed by atoms with Gasteiger partial charge in [-0.15, -0.1) is 0 Å². The van der Waals surface area contributed by atoms with E-state index >= 15 is 0 Å². The van der Waals surface area contributed by atoms with Gasteiger partial charge in [-0.1, -0.05) is 72.6 Å². The molecule has 0 bridgehead atoms. The smallest absolute Gasteiger partial charge is 0.243 e. The molecule has 0 saturated carbocycles. The van der Waals surface area contributed by atoms with E-state index < -0.39 is 18.0 Å². The fraction of sp³-hybridized carbons (Fsp3) is 0.857. The molecule has 1 heterocycles. The summed E-state index contributed by atoms with van der Waals surface area (Å²) >= 11 is 0. The number of rotatable bonds is 16. The quantitative estimate of drug-likeness (QED) is 0.199. The molecule has 0 aromatic rings. The Balaban J connectivity index is 2.82. The molecular formula is C28H53N5O4. The van der Waals surface area contributed by atoms with Crippen LogP contribution in [0.2, 0.25) is 0 Å². The highest BCUT2D eigenvalue weighted by Gasteiger charge is 2.30. The van der Waals surface area contributed by atoms with Crippen LogP contribution in [0.5, 0.6) is 0 Å². The number of carbonyl (C=O) groups is 4. The molecule has 0 spiro atoms. The number of unbranched alkanes of at least 4 members (excludes halogenated alkanes) is 7. The van der Waals surface area contributed by atoms with Gasteiger partial charge in [0.15, 0.2) is 0 Å². The van der Waals surface area contributed by atoms with E-state index in [0.717, 1.165) is 51.6 Å². The van der Waals surface area contributed by atoms with E-state index in [4.69, 9.17) is 0 Å². The van der Waals surface area contributed by atoms with Gasteiger partial charge in [0, 0.05) is 12.5 Å². The van der Waals surface area contributed by atoms with E-state index in [1.807, 2.05) is 13.8 Å². The summed E-state index contributed by atoms with van der Waals surface area (Å²) in [6.45, 7) is 9.68. The van der Waals surface area contributed by atoms with Gasteiger partial charge in [0.1, 0.15) is 12.1 Å². The van der Waals surface area contributed by atoms with Gasteiger partial charge >= 0.3 is 0 Å². The van der Waals surface area contributed by atoms with Gasteiger partial charge < -0.3 is 26.6 Å². The molecule has 4 amide bonds. The van der Waals surface area contributed by atoms with Crippen molar-refractivity contribution in [3.8, 4) is 0 Å². The molecule has 9 heteroatoms. The van der Waals surface area contributed by atoms with Gasteiger partial charge in [-0.3, -0.25) is 19.2 Å². The van der Waals surface area contributed by atoms with Gasteiger partial charge in [-0.05, 0) is 51.1 Å². The van der Waals surface area contributed by atoms with Crippen molar-refractivity contribution in [2.75, 3.05) is 19.6 Å². The third-order valence-corrected chi connectivity index (χ3v) is 6.80. The highest BCUT2D eigenvalue weighted by atomic mass is 16.2. The lowest BCUT2D eigenvalue weighted by Crippen LogP contribution is -2.56. The highest BCUT2D eigenvalue weighted by Crippen LogP contribution is 2.13. The van der Waals surface area contributed by atoms with E-state index in [1.165, 1.54) is 25.7 Å². The minimum Gasteiger partial charge on any atom is -0.351 e. The zero-order chi connectivity index (χ0) is 27.5. The molecule has 0 aromatic carbocycles. The van der Waals surface area contributed by atoms with Crippen LogP contribution in [-0.4, -0.2) is 61.4 Å². The van der Waals surface area contributed by atoms with Crippen LogP contribution in [-0.2, 0) is 19.2 Å². The van der Waals surface area contributed by atoms with Crippen LogP contribution in [0.3, 0.4) is 0 Å². The molecule has 0 unspecified atom stereocenters. The van der Waals surface area contributed by atoms with Gasteiger partial charge in [0.25, 0.3) is 0 Å². The Morgan fingerprint density at radius 2 is 1.41 bits per heavy atom. The standard InChI is InChI=1S/C28H53N5O4/c1-5-7-8-9-10-11-12-15-22-19-24(34)30-20-25(35)32-23(16-13-14-18-29-17-6-2)27(36)33-26(21(3)4)28(37)31-22/h21-23,26,29H,5-20H2,1-4H3,(H,30,34)(H,31,37)(H,32,35)(H,33,36)/t22-,23+,26+/m1/s1. The second kappa shape index (κ2) is 19.9. The van der Waals surface area contributed by atoms with Crippen LogP contribution in [0.25, 0.3) is 0 Å². The molecule has 0 aromatic heterocycles. The molecular weight excluding hydrogens is 470 g/mol. The Bertz CT molecular complexity index is 685. The first-order valence-electron chi connectivity index (χ1n) is 14.7. The third-order valence-electron chi connectivity index (χ3n) is 6.80. The minimum atomic E-state index is -0.756. The first-order chi connectivity index (χ1) is 17.8. The molecule has 0 radical (unpaired) electrons. The van der Waals surface area contributed by atoms with Gasteiger partial charge in [-0.2, -0.15) is 0 Å². The number of carbonyl (C=O) groups excluding carboxylic acids is 4. The van der Waals surface area contributed by atoms with E-state index in [2.05, 4.69) is 40.4 Å². The van der Waals surface area contributed by atoms with Crippen LogP contribution in [0.1, 0.15) is 111 Å². The Morgan fingerprint density at radius 3 is 2.08 bits per heavy atom. The fourth-order valence-electron chi connectivity index (χ4n) is 4.54. The van der Waals surface area contributed by atoms with Gasteiger partial charge in [-0.25, -0.2) is 0 Å². The molecule has 37 heavy (non-hydrogen) atoms. The fourth-order valence-corrected chi connectivity index (χ4v) is 4.54. The summed E-state index contributed by atoms with van der Waals surface area (Å²) in [6, 6.07) is -1.83. The summed E-state index contributed by atoms with van der Waals surface area (Å²) in [6.07, 6.45) is 12.0. The van der Waals surface area contributed by atoms with Crippen LogP contribution < -0.4 is 26.6 Å². The first-order valence-corrected chi connectivity index (χ1v) is 14.7. The van der Waals surface area contributed by atoms with Gasteiger partial charge in [0.2, 0.25) is 23.6 Å². The van der Waals surface area contributed by atoms with Crippen molar-refractivity contribution in [1.82, 2.24) is 26.6 Å². The largest absolute Gasteiger partial charge is 0.351 e. The Kier molecular flexibility index (Phi) is 17.7. The Hall–Kier alpha value is -2.16. The minimum absolute atomic E-state index is 0.113. The normalized spacial score (nSPS) is 21.8. The van der Waals surface area contributed by atoms with E-state index in [1.54, 1.807) is 0 Å². The number of nitrogens with one attached hydrogen (secondary N) is 5. The monoisotopic (exact) mass is 523 g/mol. The molecule has 9 nitrogen and oxygen atoms in total. The second-order valence-corrected chi connectivity index (χ2v) is 10.7. The topological polar surface area (TPSA) is 128 Å². The number of hydrogen-bond acceptors (Lipinski definition) is 5. The van der Waals surface area contributed by atoms with Crippen molar-refractivity contribution in [1.29, 1.82) is 0 Å². The van der Waals surface area contributed by atoms with Crippen molar-refractivity contribution in [2.45, 2.75) is 129 Å². The molecule has 1 saturated heterocycles. The highest BCUT2D eigenvalue weighted by molar-refractivity contribution is 5.94. The predicted molar refractivity (Wildman–Crippen MR) is 148 cm³/mol. The molecule has 5 N–H and O–H groups in total. The summed E-state index contributed by atoms with van der Waals surface area (Å²) in [5.41, 5.74) is 0. The lowest BCUT2D eigenvalue weighted by Gasteiger charge is -2.27. The lowest BCUT2D eigenvalue weighted by atomic mass is 9.99. The van der Waals surface area contributed by atoms with E-state index in [0.29, 0.717) is 12.8 Å². The predicted octanol–water partition coefficient (Wildman–Crippen LogP) is 2.93. The summed E-state index contributed by atoms with van der Waals surface area (Å²) in [7, 11) is 0. The summed E-state index contributed by atoms with van der Waals surface area (Å²) in [5, 5.41) is 14.6. The first kappa shape index (κ1) is 32.9. The third kappa shape index (κ3) is 15.0. The molecule has 1 aliphatic heterocycles. The van der Waals surface area contributed by atoms with E-state index in [-0.39, 0.29) is 42.6 Å². The zero-order valence-corrected chi connectivity index (χ0v) is 23.8. The maximum absolute atomic E-state index is 13.2. The van der Waals surface area contributed by atoms with Crippen LogP contribution in [0.4, 0.5) is 0 Å². The van der Waals surface area contributed by atoms with E-state index in [9.17, 15) is 19.2 Å². The molecule has 3 atom stereocenters. The zero-order valence-electron chi connectivity index (χ0n) is 23.8. The number of hydrogen-bond donors (Lipinski definition) is 5. The maximum atomic E-state index is 13.2. The molecule has 214 valence electrons. The number of amides is 4. The summed E-state index contributed by atoms with van der Waals surface area (Å²) < 4.78 is 0. The van der Waals surface area contributed by atoms with Crippen molar-refractivity contribution in [3.05, 3.63) is 0 Å². The maximum Gasteiger partial charge on any atom is 0.243 e. The molecule has 0 aliphatic carbocycles. The van der Waals surface area contributed by atoms with Crippen LogP contribution in [0, 0.1) is 5.92 Å². The second-order valence-electron chi connectivity index (χ2n) is 10.7. The lowest BCUT2D eigenvalue weighted by molar-refractivity contribution is -0.133. The molecule has 1 fully saturated rings. The van der Waals surface area contributed by atoms with Crippen molar-refractivity contribution < 1.29 is 19.2 Å². The summed E-state index contributed by atoms with van der Waals surface area (Å²) in [4.78, 5) is 51.5. The van der Waals surface area contributed by atoms with Crippen LogP contribution >= 0.6 is 0 Å². The van der Waals surface area contributed by atoms with Crippen molar-refractivity contribution >= 4 is 23.6 Å². The van der Waals surface area contributed by atoms with Crippen molar-refractivity contribution in [2.24, 2.45) is 5.92 Å².